The third-order valence-corrected chi connectivity index (χ3v) is 3.67. The minimum absolute atomic E-state index is 0.112. The zero-order valence-corrected chi connectivity index (χ0v) is 15.4. The minimum atomic E-state index is -1.18. The summed E-state index contributed by atoms with van der Waals surface area (Å²) in [6.07, 6.45) is 1.22. The number of aromatic carboxylic acids is 1. The summed E-state index contributed by atoms with van der Waals surface area (Å²) in [6.45, 7) is 8.48. The fraction of sp³-hybridized carbons (Fsp3) is 0.444. The summed E-state index contributed by atoms with van der Waals surface area (Å²) < 4.78 is 6.86. The SMILES string of the molecule is CC(C)COc1ccc(C(C)(C)NC(=O)Cn2cc(C(=O)O)nn2)cc1. The zero-order valence-electron chi connectivity index (χ0n) is 15.4. The highest BCUT2D eigenvalue weighted by Crippen LogP contribution is 2.23. The van der Waals surface area contributed by atoms with Crippen molar-refractivity contribution in [1.29, 1.82) is 0 Å². The van der Waals surface area contributed by atoms with Gasteiger partial charge in [0.05, 0.1) is 18.3 Å². The number of benzene rings is 1. The van der Waals surface area contributed by atoms with Crippen LogP contribution in [0.2, 0.25) is 0 Å². The average Bonchev–Trinajstić information content (AvgIpc) is 3.01. The first kappa shape index (κ1) is 19.4. The number of carbonyl (C=O) groups excluding carboxylic acids is 1. The van der Waals surface area contributed by atoms with E-state index in [0.29, 0.717) is 12.5 Å². The fourth-order valence-electron chi connectivity index (χ4n) is 2.31. The number of aromatic nitrogens is 3. The van der Waals surface area contributed by atoms with Gasteiger partial charge in [-0.25, -0.2) is 9.48 Å². The summed E-state index contributed by atoms with van der Waals surface area (Å²) in [7, 11) is 0. The maximum Gasteiger partial charge on any atom is 0.358 e. The Morgan fingerprint density at radius 1 is 1.27 bits per heavy atom. The summed E-state index contributed by atoms with van der Waals surface area (Å²) >= 11 is 0. The first-order valence-corrected chi connectivity index (χ1v) is 8.35. The second-order valence-corrected chi connectivity index (χ2v) is 7.01. The lowest BCUT2D eigenvalue weighted by Crippen LogP contribution is -2.42. The number of carboxylic acid groups (broad SMARTS) is 1. The third kappa shape index (κ3) is 5.30. The number of nitrogens with zero attached hydrogens (tertiary/aromatic N) is 3. The number of hydrogen-bond donors (Lipinski definition) is 2. The van der Waals surface area contributed by atoms with Gasteiger partial charge in [-0.2, -0.15) is 0 Å². The van der Waals surface area contributed by atoms with Gasteiger partial charge in [-0.15, -0.1) is 5.10 Å². The van der Waals surface area contributed by atoms with Crippen LogP contribution in [0.3, 0.4) is 0 Å². The lowest BCUT2D eigenvalue weighted by atomic mass is 9.94. The van der Waals surface area contributed by atoms with E-state index in [1.165, 1.54) is 10.9 Å². The summed E-state index contributed by atoms with van der Waals surface area (Å²) in [4.78, 5) is 23.1. The van der Waals surface area contributed by atoms with Crippen LogP contribution < -0.4 is 10.1 Å². The van der Waals surface area contributed by atoms with Crippen LogP contribution >= 0.6 is 0 Å². The fourth-order valence-corrected chi connectivity index (χ4v) is 2.31. The number of carboxylic acids is 1. The van der Waals surface area contributed by atoms with Crippen LogP contribution in [0, 0.1) is 5.92 Å². The number of ether oxygens (including phenoxy) is 1. The molecule has 0 saturated heterocycles. The van der Waals surface area contributed by atoms with Crippen molar-refractivity contribution in [3.8, 4) is 5.75 Å². The molecule has 2 rings (SSSR count). The molecule has 0 radical (unpaired) electrons. The Bertz CT molecular complexity index is 766. The molecule has 8 nitrogen and oxygen atoms in total. The number of hydrogen-bond acceptors (Lipinski definition) is 5. The van der Waals surface area contributed by atoms with Gasteiger partial charge in [-0.3, -0.25) is 4.79 Å². The molecule has 1 aromatic heterocycles. The van der Waals surface area contributed by atoms with E-state index < -0.39 is 11.5 Å². The number of amides is 1. The van der Waals surface area contributed by atoms with Crippen LogP contribution in [-0.4, -0.2) is 38.6 Å². The van der Waals surface area contributed by atoms with Gasteiger partial charge in [0.2, 0.25) is 5.91 Å². The van der Waals surface area contributed by atoms with E-state index in [4.69, 9.17) is 9.84 Å². The minimum Gasteiger partial charge on any atom is -0.493 e. The molecule has 8 heteroatoms. The van der Waals surface area contributed by atoms with E-state index in [1.54, 1.807) is 0 Å². The van der Waals surface area contributed by atoms with E-state index in [-0.39, 0.29) is 18.1 Å². The van der Waals surface area contributed by atoms with Crippen LogP contribution in [0.5, 0.6) is 5.75 Å². The number of nitrogens with one attached hydrogen (secondary N) is 1. The molecule has 0 aliphatic carbocycles. The third-order valence-electron chi connectivity index (χ3n) is 3.67. The molecule has 2 aromatic rings. The molecule has 0 aliphatic heterocycles. The Labute approximate surface area is 152 Å². The normalized spacial score (nSPS) is 11.4. The summed E-state index contributed by atoms with van der Waals surface area (Å²) in [5.74, 6) is -0.244. The van der Waals surface area contributed by atoms with E-state index in [0.717, 1.165) is 11.3 Å². The van der Waals surface area contributed by atoms with E-state index in [1.807, 2.05) is 38.1 Å². The van der Waals surface area contributed by atoms with Crippen molar-refractivity contribution in [1.82, 2.24) is 20.3 Å². The van der Waals surface area contributed by atoms with Crippen molar-refractivity contribution in [3.05, 3.63) is 41.7 Å². The summed E-state index contributed by atoms with van der Waals surface area (Å²) in [5.41, 5.74) is 0.116. The second kappa shape index (κ2) is 7.99. The van der Waals surface area contributed by atoms with Crippen molar-refractivity contribution in [2.75, 3.05) is 6.61 Å². The molecular weight excluding hydrogens is 336 g/mol. The summed E-state index contributed by atoms with van der Waals surface area (Å²) in [6, 6.07) is 7.58. The Kier molecular flexibility index (Phi) is 5.97. The van der Waals surface area contributed by atoms with Gasteiger partial charge < -0.3 is 15.2 Å². The maximum atomic E-state index is 12.3. The molecule has 1 heterocycles. The maximum absolute atomic E-state index is 12.3. The Balaban J connectivity index is 1.97. The Morgan fingerprint density at radius 2 is 1.92 bits per heavy atom. The number of carbonyl (C=O) groups is 2. The molecule has 0 saturated carbocycles. The highest BCUT2D eigenvalue weighted by molar-refractivity contribution is 5.84. The molecule has 26 heavy (non-hydrogen) atoms. The molecular formula is C18H24N4O4. The van der Waals surface area contributed by atoms with E-state index in [9.17, 15) is 9.59 Å². The highest BCUT2D eigenvalue weighted by atomic mass is 16.5. The Morgan fingerprint density at radius 3 is 2.46 bits per heavy atom. The van der Waals surface area contributed by atoms with Gasteiger partial charge in [0, 0.05) is 0 Å². The molecule has 0 bridgehead atoms. The van der Waals surface area contributed by atoms with E-state index in [2.05, 4.69) is 29.5 Å². The average molecular weight is 360 g/mol. The lowest BCUT2D eigenvalue weighted by Gasteiger charge is -2.27. The van der Waals surface area contributed by atoms with Crippen molar-refractivity contribution in [2.45, 2.75) is 39.8 Å². The van der Waals surface area contributed by atoms with Gasteiger partial charge in [-0.1, -0.05) is 31.2 Å². The van der Waals surface area contributed by atoms with Gasteiger partial charge >= 0.3 is 5.97 Å². The summed E-state index contributed by atoms with van der Waals surface area (Å²) in [5, 5.41) is 18.9. The van der Waals surface area contributed by atoms with Gasteiger partial charge in [-0.05, 0) is 37.5 Å². The van der Waals surface area contributed by atoms with Crippen LogP contribution in [0.4, 0.5) is 0 Å². The highest BCUT2D eigenvalue weighted by Gasteiger charge is 2.23. The van der Waals surface area contributed by atoms with Crippen molar-refractivity contribution >= 4 is 11.9 Å². The molecule has 0 aliphatic rings. The van der Waals surface area contributed by atoms with Crippen LogP contribution in [0.1, 0.15) is 43.7 Å². The Hall–Kier alpha value is -2.90. The van der Waals surface area contributed by atoms with Crippen molar-refractivity contribution in [3.63, 3.8) is 0 Å². The first-order chi connectivity index (χ1) is 12.2. The standard InChI is InChI=1S/C18H24N4O4/c1-12(2)11-26-14-7-5-13(6-8-14)18(3,4)19-16(23)10-22-9-15(17(24)25)20-21-22/h5-9,12H,10-11H2,1-4H3,(H,19,23)(H,24,25). The van der Waals surface area contributed by atoms with Crippen LogP contribution in [0.15, 0.2) is 30.5 Å². The van der Waals surface area contributed by atoms with Crippen LogP contribution in [-0.2, 0) is 16.9 Å². The molecule has 0 fully saturated rings. The van der Waals surface area contributed by atoms with Gasteiger partial charge in [0.1, 0.15) is 12.3 Å². The van der Waals surface area contributed by atoms with Gasteiger partial charge in [0.25, 0.3) is 0 Å². The monoisotopic (exact) mass is 360 g/mol. The van der Waals surface area contributed by atoms with Crippen molar-refractivity contribution < 1.29 is 19.4 Å². The lowest BCUT2D eigenvalue weighted by molar-refractivity contribution is -0.123. The van der Waals surface area contributed by atoms with E-state index >= 15 is 0 Å². The first-order valence-electron chi connectivity index (χ1n) is 8.35. The molecule has 1 aromatic carbocycles. The largest absolute Gasteiger partial charge is 0.493 e. The quantitative estimate of drug-likeness (QED) is 0.746. The van der Waals surface area contributed by atoms with Gasteiger partial charge in [0.15, 0.2) is 5.69 Å². The van der Waals surface area contributed by atoms with Crippen molar-refractivity contribution in [2.24, 2.45) is 5.92 Å². The zero-order chi connectivity index (χ0) is 19.3. The second-order valence-electron chi connectivity index (χ2n) is 7.01. The predicted octanol–water partition coefficient (Wildman–Crippen LogP) is 2.06. The topological polar surface area (TPSA) is 106 Å². The molecule has 0 unspecified atom stereocenters. The molecule has 0 atom stereocenters. The molecule has 0 spiro atoms. The molecule has 2 N–H and O–H groups in total. The smallest absolute Gasteiger partial charge is 0.358 e. The molecule has 140 valence electrons. The van der Waals surface area contributed by atoms with Crippen LogP contribution in [0.25, 0.3) is 0 Å². The number of rotatable bonds is 8. The molecule has 1 amide bonds. The predicted molar refractivity (Wildman–Crippen MR) is 94.9 cm³/mol.